The number of hydrogen-bond donors (Lipinski definition) is 1. The Morgan fingerprint density at radius 3 is 2.63 bits per heavy atom. The van der Waals surface area contributed by atoms with Crippen molar-refractivity contribution in [3.05, 3.63) is 23.5 Å². The number of hydrogen-bond acceptors (Lipinski definition) is 4. The van der Waals surface area contributed by atoms with Gasteiger partial charge in [-0.25, -0.2) is 10.4 Å². The topological polar surface area (TPSA) is 37.4 Å². The van der Waals surface area contributed by atoms with Gasteiger partial charge in [-0.15, -0.1) is 0 Å². The third-order valence-electron chi connectivity index (χ3n) is 3.85. The summed E-state index contributed by atoms with van der Waals surface area (Å²) in [6.45, 7) is 7.32. The van der Waals surface area contributed by atoms with E-state index in [2.05, 4.69) is 29.3 Å². The average Bonchev–Trinajstić information content (AvgIpc) is 2.37. The fourth-order valence-electron chi connectivity index (χ4n) is 2.82. The molecule has 1 saturated heterocycles. The number of piperidine rings is 1. The molecular weight excluding hydrogens is 238 g/mol. The first-order chi connectivity index (χ1) is 9.10. The molecule has 2 heterocycles. The van der Waals surface area contributed by atoms with Gasteiger partial charge in [-0.1, -0.05) is 6.42 Å². The monoisotopic (exact) mass is 263 g/mol. The molecule has 1 fully saturated rings. The number of rotatable bonds is 4. The van der Waals surface area contributed by atoms with Crippen LogP contribution in [-0.4, -0.2) is 29.2 Å². The number of methoxy groups -OCH3 is 1. The van der Waals surface area contributed by atoms with Crippen molar-refractivity contribution >= 4 is 0 Å². The summed E-state index contributed by atoms with van der Waals surface area (Å²) in [6.07, 6.45) is 3.86. The van der Waals surface area contributed by atoms with E-state index in [1.807, 2.05) is 19.1 Å². The number of hydrazine groups is 1. The van der Waals surface area contributed by atoms with Gasteiger partial charge in [0.15, 0.2) is 0 Å². The zero-order chi connectivity index (χ0) is 13.8. The predicted octanol–water partition coefficient (Wildman–Crippen LogP) is 2.67. The molecule has 1 N–H and O–H groups in total. The van der Waals surface area contributed by atoms with Crippen LogP contribution in [0, 0.1) is 6.92 Å². The summed E-state index contributed by atoms with van der Waals surface area (Å²) in [7, 11) is 1.70. The van der Waals surface area contributed by atoms with Gasteiger partial charge < -0.3 is 4.74 Å². The van der Waals surface area contributed by atoms with E-state index < -0.39 is 0 Å². The molecule has 19 heavy (non-hydrogen) atoms. The second-order valence-corrected chi connectivity index (χ2v) is 5.51. The predicted molar refractivity (Wildman–Crippen MR) is 77.0 cm³/mol. The molecule has 2 unspecified atom stereocenters. The SMILES string of the molecule is COc1cc(C)nc(CNN2C(C)CCCC2C)c1. The first kappa shape index (κ1) is 14.3. The highest BCUT2D eigenvalue weighted by Gasteiger charge is 2.24. The zero-order valence-corrected chi connectivity index (χ0v) is 12.4. The molecule has 1 aromatic rings. The van der Waals surface area contributed by atoms with Gasteiger partial charge in [0.25, 0.3) is 0 Å². The number of nitrogens with zero attached hydrogens (tertiary/aromatic N) is 2. The lowest BCUT2D eigenvalue weighted by atomic mass is 10.00. The van der Waals surface area contributed by atoms with E-state index in [0.717, 1.165) is 23.7 Å². The van der Waals surface area contributed by atoms with E-state index in [9.17, 15) is 0 Å². The second kappa shape index (κ2) is 6.35. The Bertz CT molecular complexity index is 412. The normalized spacial score (nSPS) is 24.4. The Balaban J connectivity index is 1.99. The Kier molecular flexibility index (Phi) is 4.77. The van der Waals surface area contributed by atoms with Gasteiger partial charge in [-0.2, -0.15) is 0 Å². The van der Waals surface area contributed by atoms with Gasteiger partial charge in [-0.05, 0) is 33.6 Å². The summed E-state index contributed by atoms with van der Waals surface area (Å²) in [5.41, 5.74) is 5.56. The van der Waals surface area contributed by atoms with Gasteiger partial charge in [0.2, 0.25) is 0 Å². The standard InChI is InChI=1S/C15H25N3O/c1-11-8-15(19-4)9-14(17-11)10-16-18-12(2)6-5-7-13(18)3/h8-9,12-13,16H,5-7,10H2,1-4H3. The quantitative estimate of drug-likeness (QED) is 0.906. The maximum atomic E-state index is 5.29. The molecule has 4 nitrogen and oxygen atoms in total. The van der Waals surface area contributed by atoms with Crippen LogP contribution in [0.1, 0.15) is 44.5 Å². The molecule has 0 saturated carbocycles. The van der Waals surface area contributed by atoms with Crippen LogP contribution in [0.5, 0.6) is 5.75 Å². The summed E-state index contributed by atoms with van der Waals surface area (Å²) in [4.78, 5) is 4.55. The van der Waals surface area contributed by atoms with Gasteiger partial charge in [0.05, 0.1) is 19.3 Å². The van der Waals surface area contributed by atoms with Gasteiger partial charge in [-0.3, -0.25) is 4.98 Å². The molecule has 0 bridgehead atoms. The lowest BCUT2D eigenvalue weighted by molar-refractivity contribution is 0.0431. The summed E-state index contributed by atoms with van der Waals surface area (Å²) >= 11 is 0. The number of ether oxygens (including phenoxy) is 1. The highest BCUT2D eigenvalue weighted by Crippen LogP contribution is 2.21. The van der Waals surface area contributed by atoms with Crippen molar-refractivity contribution in [2.75, 3.05) is 7.11 Å². The molecule has 0 radical (unpaired) electrons. The summed E-state index contributed by atoms with van der Waals surface area (Å²) in [6, 6.07) is 5.14. The lowest BCUT2D eigenvalue weighted by Crippen LogP contribution is -2.51. The van der Waals surface area contributed by atoms with Crippen LogP contribution in [-0.2, 0) is 6.54 Å². The number of aryl methyl sites for hydroxylation is 1. The zero-order valence-electron chi connectivity index (χ0n) is 12.4. The Morgan fingerprint density at radius 2 is 2.00 bits per heavy atom. The number of aromatic nitrogens is 1. The maximum Gasteiger partial charge on any atom is 0.122 e. The third-order valence-corrected chi connectivity index (χ3v) is 3.85. The van der Waals surface area contributed by atoms with Crippen molar-refractivity contribution in [2.24, 2.45) is 0 Å². The van der Waals surface area contributed by atoms with Crippen molar-refractivity contribution in [1.29, 1.82) is 0 Å². The van der Waals surface area contributed by atoms with Crippen LogP contribution in [0.3, 0.4) is 0 Å². The molecule has 1 aliphatic rings. The maximum absolute atomic E-state index is 5.29. The Hall–Kier alpha value is -1.13. The highest BCUT2D eigenvalue weighted by atomic mass is 16.5. The van der Waals surface area contributed by atoms with E-state index in [-0.39, 0.29) is 0 Å². The van der Waals surface area contributed by atoms with Crippen LogP contribution < -0.4 is 10.2 Å². The highest BCUT2D eigenvalue weighted by molar-refractivity contribution is 5.26. The van der Waals surface area contributed by atoms with Crippen LogP contribution >= 0.6 is 0 Å². The first-order valence-electron chi connectivity index (χ1n) is 7.13. The molecule has 1 aliphatic heterocycles. The number of nitrogens with one attached hydrogen (secondary N) is 1. The van der Waals surface area contributed by atoms with Gasteiger partial charge in [0.1, 0.15) is 5.75 Å². The van der Waals surface area contributed by atoms with Crippen LogP contribution in [0.15, 0.2) is 12.1 Å². The van der Waals surface area contributed by atoms with E-state index in [0.29, 0.717) is 12.1 Å². The van der Waals surface area contributed by atoms with E-state index in [1.54, 1.807) is 7.11 Å². The molecular formula is C15H25N3O. The Labute approximate surface area is 116 Å². The fraction of sp³-hybridized carbons (Fsp3) is 0.667. The van der Waals surface area contributed by atoms with E-state index in [4.69, 9.17) is 4.74 Å². The smallest absolute Gasteiger partial charge is 0.122 e. The minimum Gasteiger partial charge on any atom is -0.497 e. The lowest BCUT2D eigenvalue weighted by Gasteiger charge is -2.39. The molecule has 1 aromatic heterocycles. The van der Waals surface area contributed by atoms with E-state index >= 15 is 0 Å². The van der Waals surface area contributed by atoms with Crippen LogP contribution in [0.2, 0.25) is 0 Å². The molecule has 2 atom stereocenters. The molecule has 2 rings (SSSR count). The van der Waals surface area contributed by atoms with Crippen molar-refractivity contribution in [2.45, 2.75) is 58.7 Å². The average molecular weight is 263 g/mol. The summed E-state index contributed by atoms with van der Waals surface area (Å²) in [5.74, 6) is 0.879. The molecule has 0 spiro atoms. The van der Waals surface area contributed by atoms with Crippen LogP contribution in [0.25, 0.3) is 0 Å². The van der Waals surface area contributed by atoms with Crippen molar-refractivity contribution < 1.29 is 4.74 Å². The van der Waals surface area contributed by atoms with Crippen molar-refractivity contribution in [3.8, 4) is 5.75 Å². The van der Waals surface area contributed by atoms with Gasteiger partial charge >= 0.3 is 0 Å². The second-order valence-electron chi connectivity index (χ2n) is 5.51. The van der Waals surface area contributed by atoms with E-state index in [1.165, 1.54) is 19.3 Å². The molecule has 0 amide bonds. The molecule has 0 aliphatic carbocycles. The largest absolute Gasteiger partial charge is 0.497 e. The summed E-state index contributed by atoms with van der Waals surface area (Å²) < 4.78 is 5.29. The molecule has 0 aromatic carbocycles. The van der Waals surface area contributed by atoms with Crippen LogP contribution in [0.4, 0.5) is 0 Å². The fourth-order valence-corrected chi connectivity index (χ4v) is 2.82. The summed E-state index contributed by atoms with van der Waals surface area (Å²) in [5, 5.41) is 2.37. The molecule has 106 valence electrons. The van der Waals surface area contributed by atoms with Crippen molar-refractivity contribution in [3.63, 3.8) is 0 Å². The molecule has 4 heteroatoms. The third kappa shape index (κ3) is 3.67. The van der Waals surface area contributed by atoms with Crippen molar-refractivity contribution in [1.82, 2.24) is 15.4 Å². The number of pyridine rings is 1. The first-order valence-corrected chi connectivity index (χ1v) is 7.13. The minimum absolute atomic E-state index is 0.593. The van der Waals surface area contributed by atoms with Gasteiger partial charge in [0, 0.05) is 29.9 Å². The minimum atomic E-state index is 0.593. The Morgan fingerprint density at radius 1 is 1.32 bits per heavy atom.